The number of para-hydroxylation sites is 1. The van der Waals surface area contributed by atoms with E-state index in [9.17, 15) is 19.7 Å². The molecule has 0 aliphatic carbocycles. The summed E-state index contributed by atoms with van der Waals surface area (Å²) in [7, 11) is 0. The van der Waals surface area contributed by atoms with Crippen molar-refractivity contribution in [1.82, 2.24) is 9.66 Å². The van der Waals surface area contributed by atoms with Gasteiger partial charge in [-0.05, 0) is 49.4 Å². The second-order valence-corrected chi connectivity index (χ2v) is 9.10. The Bertz CT molecular complexity index is 1830. The molecule has 3 aromatic carbocycles. The fourth-order valence-electron chi connectivity index (χ4n) is 3.86. The summed E-state index contributed by atoms with van der Waals surface area (Å²) in [4.78, 5) is 40.8. The summed E-state index contributed by atoms with van der Waals surface area (Å²) in [5.41, 5.74) is 0.479. The van der Waals surface area contributed by atoms with Gasteiger partial charge >= 0.3 is 5.97 Å². The minimum atomic E-state index is -0.604. The van der Waals surface area contributed by atoms with Crippen LogP contribution in [0.1, 0.15) is 12.5 Å². The normalized spacial score (nSPS) is 11.3. The molecule has 0 fully saturated rings. The van der Waals surface area contributed by atoms with E-state index in [1.54, 1.807) is 43.3 Å². The molecule has 0 aliphatic rings. The van der Waals surface area contributed by atoms with Crippen molar-refractivity contribution in [3.63, 3.8) is 0 Å². The van der Waals surface area contributed by atoms with Crippen LogP contribution in [-0.2, 0) is 9.53 Å². The number of furan rings is 1. The quantitative estimate of drug-likeness (QED) is 0.103. The highest BCUT2D eigenvalue weighted by Gasteiger charge is 2.18. The Kier molecular flexibility index (Phi) is 7.19. The number of benzene rings is 3. The molecule has 0 saturated carbocycles. The van der Waals surface area contributed by atoms with Crippen molar-refractivity contribution < 1.29 is 23.6 Å². The number of esters is 1. The molecule has 0 spiro atoms. The summed E-state index contributed by atoms with van der Waals surface area (Å²) in [6.45, 7) is 1.43. The average Bonchev–Trinajstić information content (AvgIpc) is 3.34. The standard InChI is InChI=1S/C27H19BrN4O7/c1-2-37-25(33)15-38-22-10-8-19(32(35)36)12-17(22)14-29-31-26(30-21-6-4-3-5-20(21)27(31)34)24-13-16-11-18(28)7-9-23(16)39-24/h3-14H,2,15H2,1H3. The van der Waals surface area contributed by atoms with Crippen molar-refractivity contribution >= 4 is 55.7 Å². The molecule has 5 rings (SSSR count). The fraction of sp³-hybridized carbons (Fsp3) is 0.111. The van der Waals surface area contributed by atoms with Gasteiger partial charge in [-0.15, -0.1) is 0 Å². The number of ether oxygens (including phenoxy) is 2. The number of rotatable bonds is 8. The predicted octanol–water partition coefficient (Wildman–Crippen LogP) is 5.30. The molecule has 5 aromatic rings. The monoisotopic (exact) mass is 590 g/mol. The maximum Gasteiger partial charge on any atom is 0.344 e. The molecule has 0 radical (unpaired) electrons. The predicted molar refractivity (Wildman–Crippen MR) is 147 cm³/mol. The fourth-order valence-corrected chi connectivity index (χ4v) is 4.23. The van der Waals surface area contributed by atoms with Crippen molar-refractivity contribution in [1.29, 1.82) is 0 Å². The van der Waals surface area contributed by atoms with E-state index < -0.39 is 23.1 Å². The molecule has 39 heavy (non-hydrogen) atoms. The molecule has 2 heterocycles. The van der Waals surface area contributed by atoms with E-state index in [-0.39, 0.29) is 29.4 Å². The average molecular weight is 591 g/mol. The van der Waals surface area contributed by atoms with E-state index in [1.165, 1.54) is 24.4 Å². The number of hydrogen-bond donors (Lipinski definition) is 0. The van der Waals surface area contributed by atoms with Crippen LogP contribution in [-0.4, -0.2) is 40.0 Å². The lowest BCUT2D eigenvalue weighted by Gasteiger charge is -2.10. The van der Waals surface area contributed by atoms with Crippen molar-refractivity contribution in [2.45, 2.75) is 6.92 Å². The minimum Gasteiger partial charge on any atom is -0.481 e. The summed E-state index contributed by atoms with van der Waals surface area (Å²) in [5, 5.41) is 16.8. The van der Waals surface area contributed by atoms with Gasteiger partial charge in [0.15, 0.2) is 12.4 Å². The van der Waals surface area contributed by atoms with Gasteiger partial charge in [0.1, 0.15) is 11.3 Å². The lowest BCUT2D eigenvalue weighted by atomic mass is 10.2. The topological polar surface area (TPSA) is 139 Å². The summed E-state index contributed by atoms with van der Waals surface area (Å²) >= 11 is 3.44. The first-order chi connectivity index (χ1) is 18.8. The van der Waals surface area contributed by atoms with Crippen LogP contribution >= 0.6 is 15.9 Å². The second-order valence-electron chi connectivity index (χ2n) is 8.18. The third kappa shape index (κ3) is 5.41. The number of nitro benzene ring substituents is 1. The van der Waals surface area contributed by atoms with Crippen LogP contribution in [0.15, 0.2) is 85.5 Å². The highest BCUT2D eigenvalue weighted by atomic mass is 79.9. The molecule has 0 N–H and O–H groups in total. The smallest absolute Gasteiger partial charge is 0.344 e. The number of fused-ring (bicyclic) bond motifs is 2. The van der Waals surface area contributed by atoms with E-state index in [2.05, 4.69) is 26.0 Å². The SMILES string of the molecule is CCOC(=O)COc1ccc([N+](=O)[O-])cc1C=Nn1c(-c2cc3cc(Br)ccc3o2)nc2ccccc2c1=O. The van der Waals surface area contributed by atoms with Crippen molar-refractivity contribution in [3.05, 3.63) is 97.2 Å². The lowest BCUT2D eigenvalue weighted by molar-refractivity contribution is -0.384. The van der Waals surface area contributed by atoms with E-state index >= 15 is 0 Å². The molecule has 0 saturated heterocycles. The van der Waals surface area contributed by atoms with Crippen LogP contribution < -0.4 is 10.3 Å². The summed E-state index contributed by atoms with van der Waals surface area (Å²) < 4.78 is 18.3. The van der Waals surface area contributed by atoms with Gasteiger partial charge < -0.3 is 13.9 Å². The van der Waals surface area contributed by atoms with Crippen LogP contribution in [0.3, 0.4) is 0 Å². The number of non-ortho nitro benzene ring substituents is 1. The number of nitro groups is 1. The molecular formula is C27H19BrN4O7. The molecule has 0 unspecified atom stereocenters. The second kappa shape index (κ2) is 10.9. The number of nitrogens with zero attached hydrogens (tertiary/aromatic N) is 4. The van der Waals surface area contributed by atoms with Gasteiger partial charge in [0.2, 0.25) is 5.82 Å². The highest BCUT2D eigenvalue weighted by Crippen LogP contribution is 2.29. The molecule has 11 nitrogen and oxygen atoms in total. The first-order valence-corrected chi connectivity index (χ1v) is 12.5. The zero-order chi connectivity index (χ0) is 27.5. The number of halogens is 1. The summed E-state index contributed by atoms with van der Waals surface area (Å²) in [6.07, 6.45) is 1.23. The molecule has 196 valence electrons. The van der Waals surface area contributed by atoms with E-state index in [4.69, 9.17) is 13.9 Å². The molecule has 0 amide bonds. The van der Waals surface area contributed by atoms with Crippen LogP contribution in [0.4, 0.5) is 5.69 Å². The molecular weight excluding hydrogens is 572 g/mol. The van der Waals surface area contributed by atoms with E-state index in [1.807, 2.05) is 12.1 Å². The minimum absolute atomic E-state index is 0.127. The zero-order valence-corrected chi connectivity index (χ0v) is 22.0. The maximum atomic E-state index is 13.5. The van der Waals surface area contributed by atoms with Gasteiger partial charge in [-0.25, -0.2) is 9.78 Å². The van der Waals surface area contributed by atoms with Crippen LogP contribution in [0.25, 0.3) is 33.5 Å². The van der Waals surface area contributed by atoms with Crippen molar-refractivity contribution in [2.75, 3.05) is 13.2 Å². The van der Waals surface area contributed by atoms with Crippen molar-refractivity contribution in [3.8, 4) is 17.3 Å². The molecule has 2 aromatic heterocycles. The van der Waals surface area contributed by atoms with Gasteiger partial charge in [-0.3, -0.25) is 14.9 Å². The zero-order valence-electron chi connectivity index (χ0n) is 20.4. The number of aromatic nitrogens is 2. The molecule has 0 bridgehead atoms. The third-order valence-corrected chi connectivity index (χ3v) is 6.11. The largest absolute Gasteiger partial charge is 0.481 e. The molecule has 0 atom stereocenters. The van der Waals surface area contributed by atoms with E-state index in [0.717, 1.165) is 14.5 Å². The van der Waals surface area contributed by atoms with Crippen LogP contribution in [0, 0.1) is 10.1 Å². The Hall–Kier alpha value is -4.84. The van der Waals surface area contributed by atoms with Gasteiger partial charge in [-0.2, -0.15) is 9.78 Å². The van der Waals surface area contributed by atoms with Gasteiger partial charge in [0, 0.05) is 27.6 Å². The Balaban J connectivity index is 1.64. The maximum absolute atomic E-state index is 13.5. The van der Waals surface area contributed by atoms with Crippen LogP contribution in [0.2, 0.25) is 0 Å². The van der Waals surface area contributed by atoms with Crippen LogP contribution in [0.5, 0.6) is 5.75 Å². The first-order valence-electron chi connectivity index (χ1n) is 11.7. The summed E-state index contributed by atoms with van der Waals surface area (Å²) in [5.74, 6) is -0.0514. The Morgan fingerprint density at radius 1 is 1.18 bits per heavy atom. The van der Waals surface area contributed by atoms with Gasteiger partial charge in [-0.1, -0.05) is 28.1 Å². The molecule has 12 heteroatoms. The van der Waals surface area contributed by atoms with Crippen molar-refractivity contribution in [2.24, 2.45) is 5.10 Å². The Morgan fingerprint density at radius 2 is 2.00 bits per heavy atom. The lowest BCUT2D eigenvalue weighted by Crippen LogP contribution is -2.20. The molecule has 0 aliphatic heterocycles. The summed E-state index contributed by atoms with van der Waals surface area (Å²) in [6, 6.07) is 17.8. The first kappa shape index (κ1) is 25.8. The number of hydrogen-bond acceptors (Lipinski definition) is 9. The Labute approximate surface area is 228 Å². The number of carbonyl (C=O) groups excluding carboxylic acids is 1. The Morgan fingerprint density at radius 3 is 2.79 bits per heavy atom. The highest BCUT2D eigenvalue weighted by molar-refractivity contribution is 9.10. The number of carbonyl (C=O) groups is 1. The van der Waals surface area contributed by atoms with Gasteiger partial charge in [0.05, 0.1) is 28.6 Å². The van der Waals surface area contributed by atoms with Gasteiger partial charge in [0.25, 0.3) is 11.2 Å². The van der Waals surface area contributed by atoms with E-state index in [0.29, 0.717) is 22.2 Å². The third-order valence-electron chi connectivity index (χ3n) is 5.62.